The van der Waals surface area contributed by atoms with Crippen LogP contribution in [-0.2, 0) is 4.79 Å². The largest absolute Gasteiger partial charge is 0.479 e. The topological polar surface area (TPSA) is 38.3 Å². The number of rotatable bonds is 4. The fourth-order valence-electron chi connectivity index (χ4n) is 1.16. The van der Waals surface area contributed by atoms with Gasteiger partial charge in [0.1, 0.15) is 5.75 Å². The summed E-state index contributed by atoms with van der Waals surface area (Å²) in [5, 5.41) is 3.63. The van der Waals surface area contributed by atoms with E-state index in [1.165, 1.54) is 12.1 Å². The normalized spacial score (nSPS) is 12.1. The minimum atomic E-state index is -0.648. The van der Waals surface area contributed by atoms with Crippen LogP contribution >= 0.6 is 34.8 Å². The molecule has 0 heterocycles. The first kappa shape index (κ1) is 14.4. The van der Waals surface area contributed by atoms with E-state index in [1.54, 1.807) is 6.92 Å². The van der Waals surface area contributed by atoms with Gasteiger partial charge in [-0.25, -0.2) is 0 Å². The summed E-state index contributed by atoms with van der Waals surface area (Å²) in [4.78, 5) is 11.5. The molecule has 0 unspecified atom stereocenters. The quantitative estimate of drug-likeness (QED) is 0.863. The summed E-state index contributed by atoms with van der Waals surface area (Å²) in [7, 11) is 0. The predicted molar refractivity (Wildman–Crippen MR) is 70.2 cm³/mol. The first-order chi connectivity index (χ1) is 7.95. The van der Waals surface area contributed by atoms with Gasteiger partial charge < -0.3 is 10.1 Å². The molecule has 0 aromatic heterocycles. The molecule has 1 aromatic carbocycles. The number of ether oxygens (including phenoxy) is 1. The molecule has 0 fully saturated rings. The van der Waals surface area contributed by atoms with E-state index in [4.69, 9.17) is 39.5 Å². The van der Waals surface area contributed by atoms with Crippen molar-refractivity contribution in [1.82, 2.24) is 5.32 Å². The number of halogens is 3. The molecule has 0 aliphatic heterocycles. The maximum absolute atomic E-state index is 11.5. The van der Waals surface area contributed by atoms with Gasteiger partial charge >= 0.3 is 0 Å². The summed E-state index contributed by atoms with van der Waals surface area (Å²) < 4.78 is 5.41. The van der Waals surface area contributed by atoms with Gasteiger partial charge in [-0.05, 0) is 19.9 Å². The SMILES string of the molecule is CCNC(=O)[C@@H](C)Oc1cc(Cl)c(Cl)cc1Cl. The van der Waals surface area contributed by atoms with E-state index >= 15 is 0 Å². The minimum Gasteiger partial charge on any atom is -0.479 e. The van der Waals surface area contributed by atoms with Crippen molar-refractivity contribution >= 4 is 40.7 Å². The summed E-state index contributed by atoms with van der Waals surface area (Å²) in [5.74, 6) is 0.120. The maximum atomic E-state index is 11.5. The van der Waals surface area contributed by atoms with Crippen LogP contribution in [0.15, 0.2) is 12.1 Å². The minimum absolute atomic E-state index is 0.213. The van der Waals surface area contributed by atoms with E-state index in [1.807, 2.05) is 6.92 Å². The van der Waals surface area contributed by atoms with Gasteiger partial charge in [0, 0.05) is 12.6 Å². The number of hydrogen-bond donors (Lipinski definition) is 1. The Morgan fingerprint density at radius 3 is 2.47 bits per heavy atom. The molecule has 17 heavy (non-hydrogen) atoms. The zero-order valence-corrected chi connectivity index (χ0v) is 11.7. The Balaban J connectivity index is 2.81. The van der Waals surface area contributed by atoms with Crippen LogP contribution in [0, 0.1) is 0 Å². The molecule has 6 heteroatoms. The van der Waals surface area contributed by atoms with E-state index in [2.05, 4.69) is 5.32 Å². The van der Waals surface area contributed by atoms with Crippen molar-refractivity contribution in [3.63, 3.8) is 0 Å². The van der Waals surface area contributed by atoms with Crippen molar-refractivity contribution in [2.45, 2.75) is 20.0 Å². The molecule has 94 valence electrons. The summed E-state index contributed by atoms with van der Waals surface area (Å²) in [6.45, 7) is 4.00. The molecule has 0 spiro atoms. The molecule has 0 aliphatic carbocycles. The number of hydrogen-bond acceptors (Lipinski definition) is 2. The van der Waals surface area contributed by atoms with Gasteiger partial charge in [0.25, 0.3) is 5.91 Å². The monoisotopic (exact) mass is 295 g/mol. The molecule has 3 nitrogen and oxygen atoms in total. The highest BCUT2D eigenvalue weighted by atomic mass is 35.5. The standard InChI is InChI=1S/C11H12Cl3NO2/c1-3-15-11(16)6(2)17-10-5-8(13)7(12)4-9(10)14/h4-6H,3H2,1-2H3,(H,15,16)/t6-/m1/s1. The Morgan fingerprint density at radius 1 is 1.29 bits per heavy atom. The number of likely N-dealkylation sites (N-methyl/N-ethyl adjacent to an activating group) is 1. The third-order valence-electron chi connectivity index (χ3n) is 2.00. The molecular weight excluding hydrogens is 284 g/mol. The maximum Gasteiger partial charge on any atom is 0.260 e. The van der Waals surface area contributed by atoms with Crippen LogP contribution in [0.2, 0.25) is 15.1 Å². The highest BCUT2D eigenvalue weighted by Crippen LogP contribution is 2.34. The second-order valence-electron chi connectivity index (χ2n) is 3.35. The molecule has 1 amide bonds. The van der Waals surface area contributed by atoms with Crippen molar-refractivity contribution in [1.29, 1.82) is 0 Å². The van der Waals surface area contributed by atoms with Crippen LogP contribution in [0.3, 0.4) is 0 Å². The lowest BCUT2D eigenvalue weighted by molar-refractivity contribution is -0.127. The summed E-state index contributed by atoms with van der Waals surface area (Å²) in [6.07, 6.45) is -0.648. The smallest absolute Gasteiger partial charge is 0.260 e. The highest BCUT2D eigenvalue weighted by Gasteiger charge is 2.16. The summed E-state index contributed by atoms with van der Waals surface area (Å²) >= 11 is 17.5. The number of amides is 1. The number of carbonyl (C=O) groups is 1. The van der Waals surface area contributed by atoms with Crippen LogP contribution in [-0.4, -0.2) is 18.6 Å². The molecule has 1 N–H and O–H groups in total. The second kappa shape index (κ2) is 6.34. The van der Waals surface area contributed by atoms with Gasteiger partial charge in [-0.1, -0.05) is 34.8 Å². The van der Waals surface area contributed by atoms with Gasteiger partial charge in [0.05, 0.1) is 15.1 Å². The van der Waals surface area contributed by atoms with Gasteiger partial charge in [-0.2, -0.15) is 0 Å². The lowest BCUT2D eigenvalue weighted by Crippen LogP contribution is -2.36. The third kappa shape index (κ3) is 3.95. The van der Waals surface area contributed by atoms with Gasteiger partial charge in [-0.3, -0.25) is 4.79 Å². The van der Waals surface area contributed by atoms with Crippen LogP contribution in [0.25, 0.3) is 0 Å². The molecule has 0 saturated heterocycles. The Hall–Kier alpha value is -0.640. The summed E-state index contributed by atoms with van der Waals surface area (Å²) in [5.41, 5.74) is 0. The zero-order valence-electron chi connectivity index (χ0n) is 9.39. The van der Waals surface area contributed by atoms with Crippen LogP contribution in [0.4, 0.5) is 0 Å². The molecule has 0 saturated carbocycles. The molecule has 0 aliphatic rings. The second-order valence-corrected chi connectivity index (χ2v) is 4.57. The molecule has 1 rings (SSSR count). The first-order valence-corrected chi connectivity index (χ1v) is 6.18. The number of benzene rings is 1. The number of carbonyl (C=O) groups excluding carboxylic acids is 1. The van der Waals surface area contributed by atoms with Crippen molar-refractivity contribution in [3.05, 3.63) is 27.2 Å². The molecule has 0 bridgehead atoms. The van der Waals surface area contributed by atoms with Crippen molar-refractivity contribution in [3.8, 4) is 5.75 Å². The van der Waals surface area contributed by atoms with Crippen molar-refractivity contribution < 1.29 is 9.53 Å². The van der Waals surface area contributed by atoms with Crippen LogP contribution in [0.1, 0.15) is 13.8 Å². The van der Waals surface area contributed by atoms with E-state index < -0.39 is 6.10 Å². The van der Waals surface area contributed by atoms with Crippen LogP contribution in [0.5, 0.6) is 5.75 Å². The Labute approximate surface area is 115 Å². The van der Waals surface area contributed by atoms with Crippen molar-refractivity contribution in [2.75, 3.05) is 6.54 Å². The average molecular weight is 297 g/mol. The van der Waals surface area contributed by atoms with E-state index in [9.17, 15) is 4.79 Å². The highest BCUT2D eigenvalue weighted by molar-refractivity contribution is 6.43. The van der Waals surface area contributed by atoms with Crippen molar-refractivity contribution in [2.24, 2.45) is 0 Å². The van der Waals surface area contributed by atoms with E-state index in [-0.39, 0.29) is 5.91 Å². The molecular formula is C11H12Cl3NO2. The molecule has 1 aromatic rings. The fraction of sp³-hybridized carbons (Fsp3) is 0.364. The fourth-order valence-corrected chi connectivity index (χ4v) is 1.74. The van der Waals surface area contributed by atoms with Gasteiger partial charge in [0.2, 0.25) is 0 Å². The summed E-state index contributed by atoms with van der Waals surface area (Å²) in [6, 6.07) is 2.97. The van der Waals surface area contributed by atoms with Gasteiger partial charge in [0.15, 0.2) is 6.10 Å². The molecule has 1 atom stereocenters. The lowest BCUT2D eigenvalue weighted by atomic mass is 10.3. The average Bonchev–Trinajstić information content (AvgIpc) is 2.26. The lowest BCUT2D eigenvalue weighted by Gasteiger charge is -2.15. The Morgan fingerprint density at radius 2 is 1.88 bits per heavy atom. The Kier molecular flexibility index (Phi) is 5.37. The zero-order chi connectivity index (χ0) is 13.0. The van der Waals surface area contributed by atoms with E-state index in [0.717, 1.165) is 0 Å². The Bertz CT molecular complexity index is 423. The molecule has 0 radical (unpaired) electrons. The van der Waals surface area contributed by atoms with E-state index in [0.29, 0.717) is 27.4 Å². The first-order valence-electron chi connectivity index (χ1n) is 5.04. The third-order valence-corrected chi connectivity index (χ3v) is 3.02. The van der Waals surface area contributed by atoms with Crippen LogP contribution < -0.4 is 10.1 Å². The predicted octanol–water partition coefficient (Wildman–Crippen LogP) is 3.55. The van der Waals surface area contributed by atoms with Gasteiger partial charge in [-0.15, -0.1) is 0 Å². The number of nitrogens with one attached hydrogen (secondary N) is 1.